The van der Waals surface area contributed by atoms with Crippen LogP contribution in [0.15, 0.2) is 55.0 Å². The number of fused-ring (bicyclic) bond motifs is 1. The second-order valence-electron chi connectivity index (χ2n) is 7.83. The molecule has 1 aromatic carbocycles. The summed E-state index contributed by atoms with van der Waals surface area (Å²) in [5.74, 6) is 1.55. The molecule has 0 radical (unpaired) electrons. The van der Waals surface area contributed by atoms with Gasteiger partial charge in [0.25, 0.3) is 0 Å². The summed E-state index contributed by atoms with van der Waals surface area (Å²) in [7, 11) is 0. The summed E-state index contributed by atoms with van der Waals surface area (Å²) in [6, 6.07) is 11.7. The SMILES string of the molecule is OCc1cccc(-c2nc(N3CCOCC3)c3[nH]cc(CNCc4cccnc4)c3n2)c1. The normalized spacial score (nSPS) is 14.2. The average molecular weight is 431 g/mol. The zero-order valence-corrected chi connectivity index (χ0v) is 17.8. The first-order valence-electron chi connectivity index (χ1n) is 10.8. The van der Waals surface area contributed by atoms with E-state index in [1.54, 1.807) is 6.20 Å². The van der Waals surface area contributed by atoms with E-state index in [1.165, 1.54) is 0 Å². The van der Waals surface area contributed by atoms with Crippen LogP contribution in [0.3, 0.4) is 0 Å². The first-order valence-corrected chi connectivity index (χ1v) is 10.8. The Morgan fingerprint density at radius 2 is 1.94 bits per heavy atom. The van der Waals surface area contributed by atoms with Gasteiger partial charge in [-0.15, -0.1) is 0 Å². The van der Waals surface area contributed by atoms with Gasteiger partial charge in [-0.05, 0) is 23.3 Å². The van der Waals surface area contributed by atoms with Gasteiger partial charge in [0, 0.05) is 55.9 Å². The maximum Gasteiger partial charge on any atom is 0.162 e. The van der Waals surface area contributed by atoms with Crippen LogP contribution in [0.1, 0.15) is 16.7 Å². The van der Waals surface area contributed by atoms with Gasteiger partial charge in [0.2, 0.25) is 0 Å². The highest BCUT2D eigenvalue weighted by atomic mass is 16.5. The van der Waals surface area contributed by atoms with E-state index in [0.29, 0.717) is 25.6 Å². The number of rotatable bonds is 7. The van der Waals surface area contributed by atoms with E-state index < -0.39 is 0 Å². The Labute approximate surface area is 186 Å². The van der Waals surface area contributed by atoms with Gasteiger partial charge in [0.15, 0.2) is 11.6 Å². The lowest BCUT2D eigenvalue weighted by molar-refractivity contribution is 0.122. The number of nitrogens with zero attached hydrogens (tertiary/aromatic N) is 4. The number of aromatic nitrogens is 4. The fourth-order valence-electron chi connectivity index (χ4n) is 3.96. The lowest BCUT2D eigenvalue weighted by atomic mass is 10.1. The third-order valence-corrected chi connectivity index (χ3v) is 5.63. The van der Waals surface area contributed by atoms with Gasteiger partial charge in [-0.2, -0.15) is 0 Å². The minimum Gasteiger partial charge on any atom is -0.392 e. The molecular weight excluding hydrogens is 404 g/mol. The molecule has 8 nitrogen and oxygen atoms in total. The smallest absolute Gasteiger partial charge is 0.162 e. The number of benzene rings is 1. The van der Waals surface area contributed by atoms with Gasteiger partial charge in [0.05, 0.1) is 25.3 Å². The van der Waals surface area contributed by atoms with Crippen molar-refractivity contribution in [1.82, 2.24) is 25.3 Å². The molecule has 3 N–H and O–H groups in total. The van der Waals surface area contributed by atoms with E-state index in [0.717, 1.165) is 58.7 Å². The highest BCUT2D eigenvalue weighted by molar-refractivity contribution is 5.90. The summed E-state index contributed by atoms with van der Waals surface area (Å²) < 4.78 is 5.54. The Morgan fingerprint density at radius 3 is 2.75 bits per heavy atom. The van der Waals surface area contributed by atoms with Gasteiger partial charge in [0.1, 0.15) is 5.52 Å². The molecule has 0 aliphatic carbocycles. The molecule has 4 heterocycles. The monoisotopic (exact) mass is 430 g/mol. The number of H-pyrrole nitrogens is 1. The minimum atomic E-state index is -0.0138. The molecule has 0 unspecified atom stereocenters. The summed E-state index contributed by atoms with van der Waals surface area (Å²) in [4.78, 5) is 19.7. The Hall–Kier alpha value is -3.33. The van der Waals surface area contributed by atoms with Crippen molar-refractivity contribution in [3.8, 4) is 11.4 Å². The molecule has 0 bridgehead atoms. The molecule has 32 heavy (non-hydrogen) atoms. The van der Waals surface area contributed by atoms with Crippen LogP contribution in [-0.2, 0) is 24.4 Å². The predicted molar refractivity (Wildman–Crippen MR) is 123 cm³/mol. The molecule has 1 saturated heterocycles. The number of aliphatic hydroxyl groups is 1. The highest BCUT2D eigenvalue weighted by Crippen LogP contribution is 2.30. The van der Waals surface area contributed by atoms with Crippen molar-refractivity contribution in [3.63, 3.8) is 0 Å². The van der Waals surface area contributed by atoms with Gasteiger partial charge >= 0.3 is 0 Å². The maximum atomic E-state index is 9.56. The van der Waals surface area contributed by atoms with Crippen LogP contribution in [0.4, 0.5) is 5.82 Å². The fourth-order valence-corrected chi connectivity index (χ4v) is 3.96. The van der Waals surface area contributed by atoms with E-state index in [-0.39, 0.29) is 6.61 Å². The zero-order valence-electron chi connectivity index (χ0n) is 17.8. The van der Waals surface area contributed by atoms with Crippen molar-refractivity contribution in [2.75, 3.05) is 31.2 Å². The van der Waals surface area contributed by atoms with Crippen molar-refractivity contribution in [2.45, 2.75) is 19.7 Å². The molecule has 0 atom stereocenters. The minimum absolute atomic E-state index is 0.0138. The van der Waals surface area contributed by atoms with E-state index in [2.05, 4.69) is 26.3 Å². The lowest BCUT2D eigenvalue weighted by Gasteiger charge is -2.28. The number of morpholine rings is 1. The predicted octanol–water partition coefficient (Wildman–Crippen LogP) is 2.64. The molecule has 1 aliphatic rings. The van der Waals surface area contributed by atoms with Crippen LogP contribution in [0, 0.1) is 0 Å². The van der Waals surface area contributed by atoms with Gasteiger partial charge in [-0.3, -0.25) is 4.98 Å². The van der Waals surface area contributed by atoms with Crippen LogP contribution in [0.25, 0.3) is 22.4 Å². The Morgan fingerprint density at radius 1 is 1.06 bits per heavy atom. The molecule has 0 saturated carbocycles. The molecular formula is C24H26N6O2. The number of hydrogen-bond donors (Lipinski definition) is 3. The highest BCUT2D eigenvalue weighted by Gasteiger charge is 2.20. The fraction of sp³-hybridized carbons (Fsp3) is 0.292. The van der Waals surface area contributed by atoms with Crippen LogP contribution in [0.2, 0.25) is 0 Å². The standard InChI is InChI=1S/C24H26N6O2/c31-16-17-3-1-5-19(11-17)23-28-21-20(14-26-13-18-4-2-6-25-12-18)15-27-22(21)24(29-23)30-7-9-32-10-8-30/h1-6,11-12,15,26-27,31H,7-10,13-14,16H2. The second-order valence-corrected chi connectivity index (χ2v) is 7.83. The largest absolute Gasteiger partial charge is 0.392 e. The van der Waals surface area contributed by atoms with Crippen LogP contribution < -0.4 is 10.2 Å². The molecule has 8 heteroatoms. The second kappa shape index (κ2) is 9.44. The zero-order chi connectivity index (χ0) is 21.8. The topological polar surface area (TPSA) is 99.2 Å². The van der Waals surface area contributed by atoms with Gasteiger partial charge in [-0.25, -0.2) is 9.97 Å². The van der Waals surface area contributed by atoms with Crippen molar-refractivity contribution >= 4 is 16.9 Å². The molecule has 3 aromatic heterocycles. The number of hydrogen-bond acceptors (Lipinski definition) is 7. The van der Waals surface area contributed by atoms with Crippen LogP contribution >= 0.6 is 0 Å². The van der Waals surface area contributed by atoms with Crippen molar-refractivity contribution in [1.29, 1.82) is 0 Å². The van der Waals surface area contributed by atoms with Gasteiger partial charge < -0.3 is 25.0 Å². The first-order chi connectivity index (χ1) is 15.8. The third-order valence-electron chi connectivity index (χ3n) is 5.63. The molecule has 1 fully saturated rings. The van der Waals surface area contributed by atoms with Crippen LogP contribution in [0.5, 0.6) is 0 Å². The Kier molecular flexibility index (Phi) is 6.06. The third kappa shape index (κ3) is 4.34. The molecule has 1 aliphatic heterocycles. The number of aromatic amines is 1. The first kappa shape index (κ1) is 20.6. The molecule has 0 spiro atoms. The molecule has 0 amide bonds. The summed E-state index contributed by atoms with van der Waals surface area (Å²) in [6.45, 7) is 4.33. The molecule has 4 aromatic rings. The number of ether oxygens (including phenoxy) is 1. The lowest BCUT2D eigenvalue weighted by Crippen LogP contribution is -2.37. The number of nitrogens with one attached hydrogen (secondary N) is 2. The quantitative estimate of drug-likeness (QED) is 0.415. The molecule has 164 valence electrons. The van der Waals surface area contributed by atoms with Crippen molar-refractivity contribution < 1.29 is 9.84 Å². The van der Waals surface area contributed by atoms with Crippen molar-refractivity contribution in [2.24, 2.45) is 0 Å². The van der Waals surface area contributed by atoms with Gasteiger partial charge in [-0.1, -0.05) is 24.3 Å². The summed E-state index contributed by atoms with van der Waals surface area (Å²) in [5, 5.41) is 13.0. The van der Waals surface area contributed by atoms with Crippen molar-refractivity contribution in [3.05, 3.63) is 71.7 Å². The van der Waals surface area contributed by atoms with Crippen LogP contribution in [-0.4, -0.2) is 51.3 Å². The Balaban J connectivity index is 1.51. The van der Waals surface area contributed by atoms with E-state index in [1.807, 2.05) is 42.7 Å². The molecule has 5 rings (SSSR count). The summed E-state index contributed by atoms with van der Waals surface area (Å²) in [5.41, 5.74) is 5.80. The number of aliphatic hydroxyl groups excluding tert-OH is 1. The Bertz CT molecular complexity index is 1190. The summed E-state index contributed by atoms with van der Waals surface area (Å²) in [6.07, 6.45) is 5.65. The average Bonchev–Trinajstić information content (AvgIpc) is 3.27. The van der Waals surface area contributed by atoms with E-state index >= 15 is 0 Å². The summed E-state index contributed by atoms with van der Waals surface area (Å²) >= 11 is 0. The van der Waals surface area contributed by atoms with E-state index in [4.69, 9.17) is 14.7 Å². The number of anilines is 1. The maximum absolute atomic E-state index is 9.56. The van der Waals surface area contributed by atoms with E-state index in [9.17, 15) is 5.11 Å². The number of pyridine rings is 1.